The minimum atomic E-state index is -0.327. The third kappa shape index (κ3) is 4.00. The van der Waals surface area contributed by atoms with Gasteiger partial charge in [-0.2, -0.15) is 0 Å². The highest BCUT2D eigenvalue weighted by atomic mass is 16.5. The number of ether oxygens (including phenoxy) is 1. The highest BCUT2D eigenvalue weighted by molar-refractivity contribution is 5.82. The van der Waals surface area contributed by atoms with Gasteiger partial charge in [-0.05, 0) is 19.3 Å². The van der Waals surface area contributed by atoms with E-state index in [0.717, 1.165) is 12.8 Å². The molecule has 1 aliphatic carbocycles. The summed E-state index contributed by atoms with van der Waals surface area (Å²) in [5.41, 5.74) is 0. The number of carbonyl (C=O) groups is 2. The van der Waals surface area contributed by atoms with Crippen LogP contribution >= 0.6 is 0 Å². The third-order valence-electron chi connectivity index (χ3n) is 3.12. The number of carbonyl (C=O) groups excluding carboxylic acids is 2. The molecule has 0 aromatic heterocycles. The predicted molar refractivity (Wildman–Crippen MR) is 62.2 cm³/mol. The molecular formula is C12H21NO4. The Hall–Kier alpha value is -1.10. The van der Waals surface area contributed by atoms with Gasteiger partial charge in [0.25, 0.3) is 0 Å². The summed E-state index contributed by atoms with van der Waals surface area (Å²) in [6.07, 6.45) is 2.73. The molecule has 0 aliphatic heterocycles. The summed E-state index contributed by atoms with van der Waals surface area (Å²) < 4.78 is 4.56. The Balaban J connectivity index is 2.57. The van der Waals surface area contributed by atoms with Crippen LogP contribution in [0.2, 0.25) is 0 Å². The SMILES string of the molecule is CCC(CO)N(CCC(=O)OC)C(=O)C1CC1. The van der Waals surface area contributed by atoms with Crippen molar-refractivity contribution >= 4 is 11.9 Å². The van der Waals surface area contributed by atoms with Gasteiger partial charge in [0.2, 0.25) is 5.91 Å². The zero-order valence-corrected chi connectivity index (χ0v) is 10.5. The molecule has 5 heteroatoms. The molecule has 98 valence electrons. The van der Waals surface area contributed by atoms with Gasteiger partial charge in [0.1, 0.15) is 0 Å². The Morgan fingerprint density at radius 3 is 2.53 bits per heavy atom. The van der Waals surface area contributed by atoms with Crippen molar-refractivity contribution in [1.29, 1.82) is 0 Å². The average Bonchev–Trinajstić information content (AvgIpc) is 3.17. The average molecular weight is 243 g/mol. The second-order valence-corrected chi connectivity index (χ2v) is 4.38. The van der Waals surface area contributed by atoms with E-state index in [1.807, 2.05) is 6.92 Å². The maximum atomic E-state index is 12.0. The Morgan fingerprint density at radius 1 is 1.47 bits per heavy atom. The number of nitrogens with zero attached hydrogens (tertiary/aromatic N) is 1. The van der Waals surface area contributed by atoms with Crippen LogP contribution in [0.4, 0.5) is 0 Å². The zero-order valence-electron chi connectivity index (χ0n) is 10.5. The Morgan fingerprint density at radius 2 is 2.12 bits per heavy atom. The molecule has 0 aromatic rings. The standard InChI is InChI=1S/C12H21NO4/c1-3-10(8-14)13(7-6-11(15)17-2)12(16)9-4-5-9/h9-10,14H,3-8H2,1-2H3. The molecule has 1 rings (SSSR count). The number of hydrogen-bond acceptors (Lipinski definition) is 4. The fourth-order valence-corrected chi connectivity index (χ4v) is 1.80. The maximum absolute atomic E-state index is 12.0. The molecular weight excluding hydrogens is 222 g/mol. The predicted octanol–water partition coefficient (Wildman–Crippen LogP) is 0.559. The first-order valence-corrected chi connectivity index (χ1v) is 6.12. The number of aliphatic hydroxyl groups is 1. The van der Waals surface area contributed by atoms with Gasteiger partial charge in [0.15, 0.2) is 0 Å². The first-order valence-electron chi connectivity index (χ1n) is 6.12. The van der Waals surface area contributed by atoms with Crippen LogP contribution in [0.25, 0.3) is 0 Å². The summed E-state index contributed by atoms with van der Waals surface area (Å²) in [6, 6.07) is -0.187. The number of hydrogen-bond donors (Lipinski definition) is 1. The largest absolute Gasteiger partial charge is 0.469 e. The van der Waals surface area contributed by atoms with E-state index in [4.69, 9.17) is 0 Å². The molecule has 1 N–H and O–H groups in total. The molecule has 1 amide bonds. The Kier molecular flexibility index (Phi) is 5.41. The molecule has 0 saturated heterocycles. The monoisotopic (exact) mass is 243 g/mol. The van der Waals surface area contributed by atoms with Gasteiger partial charge in [-0.15, -0.1) is 0 Å². The van der Waals surface area contributed by atoms with E-state index in [2.05, 4.69) is 4.74 Å². The Labute approximate surface area is 102 Å². The smallest absolute Gasteiger partial charge is 0.307 e. The molecule has 0 heterocycles. The lowest BCUT2D eigenvalue weighted by atomic mass is 10.1. The van der Waals surface area contributed by atoms with Gasteiger partial charge >= 0.3 is 5.97 Å². The quantitative estimate of drug-likeness (QED) is 0.663. The van der Waals surface area contributed by atoms with Gasteiger partial charge in [0, 0.05) is 12.5 Å². The van der Waals surface area contributed by atoms with Gasteiger partial charge in [-0.25, -0.2) is 0 Å². The van der Waals surface area contributed by atoms with Crippen LogP contribution in [0, 0.1) is 5.92 Å². The summed E-state index contributed by atoms with van der Waals surface area (Å²) in [5.74, 6) is -0.158. The molecule has 1 aliphatic rings. The second kappa shape index (κ2) is 6.59. The van der Waals surface area contributed by atoms with Crippen LogP contribution < -0.4 is 0 Å². The normalized spacial score (nSPS) is 16.4. The topological polar surface area (TPSA) is 66.8 Å². The van der Waals surface area contributed by atoms with Crippen molar-refractivity contribution in [3.63, 3.8) is 0 Å². The number of aliphatic hydroxyl groups excluding tert-OH is 1. The van der Waals surface area contributed by atoms with Crippen LogP contribution in [-0.4, -0.2) is 48.2 Å². The summed E-state index contributed by atoms with van der Waals surface area (Å²) in [5, 5.41) is 9.26. The molecule has 5 nitrogen and oxygen atoms in total. The van der Waals surface area contributed by atoms with Crippen molar-refractivity contribution < 1.29 is 19.4 Å². The molecule has 1 unspecified atom stereocenters. The van der Waals surface area contributed by atoms with Gasteiger partial charge in [-0.3, -0.25) is 9.59 Å². The highest BCUT2D eigenvalue weighted by Gasteiger charge is 2.35. The lowest BCUT2D eigenvalue weighted by molar-refractivity contribution is -0.143. The van der Waals surface area contributed by atoms with Crippen molar-refractivity contribution in [3.8, 4) is 0 Å². The van der Waals surface area contributed by atoms with Gasteiger partial charge < -0.3 is 14.7 Å². The van der Waals surface area contributed by atoms with E-state index in [1.54, 1.807) is 4.90 Å². The van der Waals surface area contributed by atoms with E-state index in [-0.39, 0.29) is 36.9 Å². The van der Waals surface area contributed by atoms with E-state index in [0.29, 0.717) is 13.0 Å². The van der Waals surface area contributed by atoms with E-state index < -0.39 is 0 Å². The van der Waals surface area contributed by atoms with Crippen LogP contribution in [0.3, 0.4) is 0 Å². The van der Waals surface area contributed by atoms with Gasteiger partial charge in [0.05, 0.1) is 26.2 Å². The van der Waals surface area contributed by atoms with Gasteiger partial charge in [-0.1, -0.05) is 6.92 Å². The van der Waals surface area contributed by atoms with Crippen molar-refractivity contribution in [3.05, 3.63) is 0 Å². The summed E-state index contributed by atoms with van der Waals surface area (Å²) in [6.45, 7) is 2.20. The molecule has 0 radical (unpaired) electrons. The lowest BCUT2D eigenvalue weighted by Gasteiger charge is -2.29. The molecule has 0 spiro atoms. The number of amides is 1. The van der Waals surface area contributed by atoms with Crippen LogP contribution in [0.5, 0.6) is 0 Å². The van der Waals surface area contributed by atoms with Crippen molar-refractivity contribution in [2.24, 2.45) is 5.92 Å². The lowest BCUT2D eigenvalue weighted by Crippen LogP contribution is -2.44. The number of rotatable bonds is 7. The minimum Gasteiger partial charge on any atom is -0.469 e. The molecule has 0 bridgehead atoms. The van der Waals surface area contributed by atoms with Crippen molar-refractivity contribution in [1.82, 2.24) is 4.90 Å². The van der Waals surface area contributed by atoms with Crippen LogP contribution in [0.1, 0.15) is 32.6 Å². The number of methoxy groups -OCH3 is 1. The molecule has 17 heavy (non-hydrogen) atoms. The second-order valence-electron chi connectivity index (χ2n) is 4.38. The van der Waals surface area contributed by atoms with E-state index in [9.17, 15) is 14.7 Å². The highest BCUT2D eigenvalue weighted by Crippen LogP contribution is 2.32. The van der Waals surface area contributed by atoms with Crippen LogP contribution in [-0.2, 0) is 14.3 Å². The summed E-state index contributed by atoms with van der Waals surface area (Å²) in [4.78, 5) is 24.8. The summed E-state index contributed by atoms with van der Waals surface area (Å²) >= 11 is 0. The fraction of sp³-hybridized carbons (Fsp3) is 0.833. The number of esters is 1. The van der Waals surface area contributed by atoms with E-state index in [1.165, 1.54) is 7.11 Å². The summed E-state index contributed by atoms with van der Waals surface area (Å²) in [7, 11) is 1.33. The fourth-order valence-electron chi connectivity index (χ4n) is 1.80. The minimum absolute atomic E-state index is 0.0594. The molecule has 1 fully saturated rings. The Bertz CT molecular complexity index is 272. The maximum Gasteiger partial charge on any atom is 0.307 e. The molecule has 0 aromatic carbocycles. The van der Waals surface area contributed by atoms with E-state index >= 15 is 0 Å². The molecule has 1 saturated carbocycles. The first-order chi connectivity index (χ1) is 8.13. The van der Waals surface area contributed by atoms with Crippen LogP contribution in [0.15, 0.2) is 0 Å². The van der Waals surface area contributed by atoms with Crippen molar-refractivity contribution in [2.45, 2.75) is 38.6 Å². The molecule has 1 atom stereocenters. The zero-order chi connectivity index (χ0) is 12.8. The first kappa shape index (κ1) is 14.0. The third-order valence-corrected chi connectivity index (χ3v) is 3.12. The van der Waals surface area contributed by atoms with Crippen molar-refractivity contribution in [2.75, 3.05) is 20.3 Å².